The number of piperidine rings is 1. The van der Waals surface area contributed by atoms with E-state index in [-0.39, 0.29) is 5.91 Å². The summed E-state index contributed by atoms with van der Waals surface area (Å²) in [6.45, 7) is 8.33. The summed E-state index contributed by atoms with van der Waals surface area (Å²) in [7, 11) is 0. The van der Waals surface area contributed by atoms with Crippen LogP contribution in [0.1, 0.15) is 55.5 Å². The van der Waals surface area contributed by atoms with E-state index in [2.05, 4.69) is 15.0 Å². The molecule has 0 N–H and O–H groups in total. The van der Waals surface area contributed by atoms with Gasteiger partial charge in [-0.1, -0.05) is 5.16 Å². The first-order valence-corrected chi connectivity index (χ1v) is 9.08. The van der Waals surface area contributed by atoms with Gasteiger partial charge in [-0.05, 0) is 65.5 Å². The first kappa shape index (κ1) is 16.5. The normalized spacial score (nSPS) is 22.7. The van der Waals surface area contributed by atoms with Gasteiger partial charge in [0.1, 0.15) is 5.76 Å². The van der Waals surface area contributed by atoms with Crippen LogP contribution in [-0.4, -0.2) is 53.1 Å². The molecule has 5 nitrogen and oxygen atoms in total. The molecule has 1 aromatic heterocycles. The van der Waals surface area contributed by atoms with Crippen LogP contribution in [0.4, 0.5) is 0 Å². The van der Waals surface area contributed by atoms with Crippen molar-refractivity contribution < 1.29 is 9.32 Å². The number of rotatable bonds is 5. The van der Waals surface area contributed by atoms with Crippen molar-refractivity contribution in [1.82, 2.24) is 15.0 Å². The van der Waals surface area contributed by atoms with Gasteiger partial charge in [-0.3, -0.25) is 4.79 Å². The molecule has 1 amide bonds. The Morgan fingerprint density at radius 3 is 2.61 bits per heavy atom. The maximum Gasteiger partial charge on any atom is 0.227 e. The highest BCUT2D eigenvalue weighted by molar-refractivity contribution is 5.79. The molecule has 0 radical (unpaired) electrons. The van der Waals surface area contributed by atoms with E-state index >= 15 is 0 Å². The Labute approximate surface area is 139 Å². The van der Waals surface area contributed by atoms with E-state index in [9.17, 15) is 4.79 Å². The van der Waals surface area contributed by atoms with E-state index in [0.717, 1.165) is 49.4 Å². The average Bonchev–Trinajstić information content (AvgIpc) is 3.18. The molecule has 2 aliphatic heterocycles. The molecule has 0 aromatic carbocycles. The number of aromatic nitrogens is 1. The third kappa shape index (κ3) is 3.94. The summed E-state index contributed by atoms with van der Waals surface area (Å²) in [5, 5.41) is 3.97. The molecular weight excluding hydrogens is 290 g/mol. The Kier molecular flexibility index (Phi) is 5.36. The van der Waals surface area contributed by atoms with Crippen molar-refractivity contribution in [3.05, 3.63) is 17.0 Å². The first-order chi connectivity index (χ1) is 11.1. The Morgan fingerprint density at radius 2 is 1.91 bits per heavy atom. The quantitative estimate of drug-likeness (QED) is 0.837. The number of carbonyl (C=O) groups is 1. The molecule has 1 aromatic rings. The van der Waals surface area contributed by atoms with E-state index < -0.39 is 0 Å². The smallest absolute Gasteiger partial charge is 0.227 e. The van der Waals surface area contributed by atoms with Crippen LogP contribution < -0.4 is 0 Å². The molecule has 0 bridgehead atoms. The van der Waals surface area contributed by atoms with E-state index in [1.807, 2.05) is 13.8 Å². The molecule has 3 heterocycles. The fraction of sp³-hybridized carbons (Fsp3) is 0.778. The van der Waals surface area contributed by atoms with Gasteiger partial charge in [0.25, 0.3) is 0 Å². The SMILES string of the molecule is Cc1noc(C)c1CC(=O)N1CCCC[C@@H]1CCN1CCCC1. The first-order valence-electron chi connectivity index (χ1n) is 9.08. The van der Waals surface area contributed by atoms with Gasteiger partial charge in [0.2, 0.25) is 5.91 Å². The standard InChI is InChI=1S/C18H29N3O2/c1-14-17(15(2)23-19-14)13-18(22)21-11-4-3-7-16(21)8-12-20-9-5-6-10-20/h16H,3-13H2,1-2H3/t16-/m1/s1. The molecule has 5 heteroatoms. The number of nitrogens with zero attached hydrogens (tertiary/aromatic N) is 3. The molecule has 2 fully saturated rings. The van der Waals surface area contributed by atoms with Crippen molar-refractivity contribution in [2.45, 2.75) is 64.8 Å². The van der Waals surface area contributed by atoms with Crippen molar-refractivity contribution in [2.75, 3.05) is 26.2 Å². The molecule has 2 saturated heterocycles. The third-order valence-corrected chi connectivity index (χ3v) is 5.43. The molecule has 2 aliphatic rings. The topological polar surface area (TPSA) is 49.6 Å². The highest BCUT2D eigenvalue weighted by Gasteiger charge is 2.28. The van der Waals surface area contributed by atoms with Crippen LogP contribution in [0.5, 0.6) is 0 Å². The number of carbonyl (C=O) groups excluding carboxylic acids is 1. The maximum absolute atomic E-state index is 12.8. The number of amides is 1. The minimum Gasteiger partial charge on any atom is -0.361 e. The van der Waals surface area contributed by atoms with Crippen molar-refractivity contribution in [3.63, 3.8) is 0 Å². The summed E-state index contributed by atoms with van der Waals surface area (Å²) in [5.41, 5.74) is 1.82. The van der Waals surface area contributed by atoms with Crippen molar-refractivity contribution in [3.8, 4) is 0 Å². The van der Waals surface area contributed by atoms with Gasteiger partial charge < -0.3 is 14.3 Å². The van der Waals surface area contributed by atoms with Gasteiger partial charge in [0.05, 0.1) is 12.1 Å². The van der Waals surface area contributed by atoms with Gasteiger partial charge in [0, 0.05) is 24.7 Å². The van der Waals surface area contributed by atoms with Gasteiger partial charge in [0.15, 0.2) is 0 Å². The zero-order chi connectivity index (χ0) is 16.2. The Morgan fingerprint density at radius 1 is 1.17 bits per heavy atom. The van der Waals surface area contributed by atoms with E-state index in [1.54, 1.807) is 0 Å². The highest BCUT2D eigenvalue weighted by atomic mass is 16.5. The van der Waals surface area contributed by atoms with Gasteiger partial charge >= 0.3 is 0 Å². The van der Waals surface area contributed by atoms with Crippen molar-refractivity contribution in [2.24, 2.45) is 0 Å². The van der Waals surface area contributed by atoms with Gasteiger partial charge in [-0.15, -0.1) is 0 Å². The number of likely N-dealkylation sites (tertiary alicyclic amines) is 2. The molecular formula is C18H29N3O2. The Hall–Kier alpha value is -1.36. The maximum atomic E-state index is 12.8. The molecule has 1 atom stereocenters. The van der Waals surface area contributed by atoms with Crippen molar-refractivity contribution in [1.29, 1.82) is 0 Å². The summed E-state index contributed by atoms with van der Waals surface area (Å²) < 4.78 is 5.20. The number of hydrogen-bond donors (Lipinski definition) is 0. The van der Waals surface area contributed by atoms with Crippen LogP contribution in [0.3, 0.4) is 0 Å². The van der Waals surface area contributed by atoms with Gasteiger partial charge in [-0.2, -0.15) is 0 Å². The molecule has 0 spiro atoms. The van der Waals surface area contributed by atoms with E-state index in [1.165, 1.54) is 32.4 Å². The van der Waals surface area contributed by atoms with Crippen molar-refractivity contribution >= 4 is 5.91 Å². The van der Waals surface area contributed by atoms with Gasteiger partial charge in [-0.25, -0.2) is 0 Å². The summed E-state index contributed by atoms with van der Waals surface area (Å²) in [6, 6.07) is 0.414. The number of aryl methyl sites for hydroxylation is 2. The number of hydrogen-bond acceptors (Lipinski definition) is 4. The van der Waals surface area contributed by atoms with Crippen LogP contribution >= 0.6 is 0 Å². The second-order valence-electron chi connectivity index (χ2n) is 7.05. The fourth-order valence-electron chi connectivity index (χ4n) is 3.97. The molecule has 128 valence electrons. The zero-order valence-corrected chi connectivity index (χ0v) is 14.5. The molecule has 0 unspecified atom stereocenters. The lowest BCUT2D eigenvalue weighted by atomic mass is 9.97. The molecule has 3 rings (SSSR count). The van der Waals surface area contributed by atoms with Crippen LogP contribution in [-0.2, 0) is 11.2 Å². The lowest BCUT2D eigenvalue weighted by Crippen LogP contribution is -2.45. The minimum absolute atomic E-state index is 0.241. The lowest BCUT2D eigenvalue weighted by Gasteiger charge is -2.36. The van der Waals surface area contributed by atoms with Crippen LogP contribution in [0.25, 0.3) is 0 Å². The zero-order valence-electron chi connectivity index (χ0n) is 14.5. The predicted octanol–water partition coefficient (Wildman–Crippen LogP) is 2.70. The largest absolute Gasteiger partial charge is 0.361 e. The predicted molar refractivity (Wildman–Crippen MR) is 89.3 cm³/mol. The fourth-order valence-corrected chi connectivity index (χ4v) is 3.97. The highest BCUT2D eigenvalue weighted by Crippen LogP contribution is 2.23. The minimum atomic E-state index is 0.241. The third-order valence-electron chi connectivity index (χ3n) is 5.43. The second-order valence-corrected chi connectivity index (χ2v) is 7.05. The Bertz CT molecular complexity index is 515. The van der Waals surface area contributed by atoms with E-state index in [0.29, 0.717) is 12.5 Å². The molecule has 0 aliphatic carbocycles. The monoisotopic (exact) mass is 319 g/mol. The summed E-state index contributed by atoms with van der Waals surface area (Å²) >= 11 is 0. The van der Waals surface area contributed by atoms with Crippen LogP contribution in [0.15, 0.2) is 4.52 Å². The second kappa shape index (κ2) is 7.47. The van der Waals surface area contributed by atoms with E-state index in [4.69, 9.17) is 4.52 Å². The Balaban J connectivity index is 1.59. The van der Waals surface area contributed by atoms with Crippen LogP contribution in [0.2, 0.25) is 0 Å². The summed E-state index contributed by atoms with van der Waals surface area (Å²) in [5.74, 6) is 1.02. The summed E-state index contributed by atoms with van der Waals surface area (Å²) in [6.07, 6.45) is 7.75. The van der Waals surface area contributed by atoms with Crippen LogP contribution in [0, 0.1) is 13.8 Å². The average molecular weight is 319 g/mol. The molecule has 23 heavy (non-hydrogen) atoms. The lowest BCUT2D eigenvalue weighted by molar-refractivity contribution is -0.134. The molecule has 0 saturated carbocycles. The summed E-state index contributed by atoms with van der Waals surface area (Å²) in [4.78, 5) is 17.5.